The SMILES string of the molecule is CN=C(NCC(C)N1CCOCC1C)N1CCN(S(=O)(=O)CCOC(C)C)CC1. The highest BCUT2D eigenvalue weighted by atomic mass is 32.2. The van der Waals surface area contributed by atoms with Crippen molar-refractivity contribution in [3.8, 4) is 0 Å². The van der Waals surface area contributed by atoms with E-state index in [-0.39, 0.29) is 18.5 Å². The fourth-order valence-corrected chi connectivity index (χ4v) is 5.06. The molecule has 0 aromatic carbocycles. The minimum absolute atomic E-state index is 0.0351. The number of hydrogen-bond acceptors (Lipinski definition) is 6. The Bertz CT molecular complexity index is 620. The molecule has 0 spiro atoms. The van der Waals surface area contributed by atoms with Crippen molar-refractivity contribution in [1.82, 2.24) is 19.4 Å². The zero-order valence-electron chi connectivity index (χ0n) is 18.6. The summed E-state index contributed by atoms with van der Waals surface area (Å²) in [5.41, 5.74) is 0. The van der Waals surface area contributed by atoms with Gasteiger partial charge in [0.2, 0.25) is 10.0 Å². The van der Waals surface area contributed by atoms with Gasteiger partial charge in [-0.15, -0.1) is 0 Å². The molecule has 2 saturated heterocycles. The van der Waals surface area contributed by atoms with Crippen LogP contribution < -0.4 is 5.32 Å². The van der Waals surface area contributed by atoms with Gasteiger partial charge in [-0.1, -0.05) is 0 Å². The van der Waals surface area contributed by atoms with Gasteiger partial charge in [-0.25, -0.2) is 8.42 Å². The summed E-state index contributed by atoms with van der Waals surface area (Å²) in [5.74, 6) is 0.867. The van der Waals surface area contributed by atoms with Crippen LogP contribution in [0.3, 0.4) is 0 Å². The maximum atomic E-state index is 12.5. The first-order valence-electron chi connectivity index (χ1n) is 10.6. The van der Waals surface area contributed by atoms with Crippen molar-refractivity contribution >= 4 is 16.0 Å². The fourth-order valence-electron chi connectivity index (χ4n) is 3.78. The van der Waals surface area contributed by atoms with E-state index in [1.807, 2.05) is 13.8 Å². The average Bonchev–Trinajstić information content (AvgIpc) is 2.68. The molecule has 29 heavy (non-hydrogen) atoms. The highest BCUT2D eigenvalue weighted by Gasteiger charge is 2.29. The Kier molecular flexibility index (Phi) is 9.61. The Labute approximate surface area is 176 Å². The zero-order chi connectivity index (χ0) is 21.4. The number of morpholine rings is 1. The molecule has 10 heteroatoms. The van der Waals surface area contributed by atoms with Crippen molar-refractivity contribution in [3.05, 3.63) is 0 Å². The highest BCUT2D eigenvalue weighted by molar-refractivity contribution is 7.89. The summed E-state index contributed by atoms with van der Waals surface area (Å²) in [7, 11) is -1.50. The number of piperazine rings is 1. The highest BCUT2D eigenvalue weighted by Crippen LogP contribution is 2.11. The van der Waals surface area contributed by atoms with E-state index >= 15 is 0 Å². The van der Waals surface area contributed by atoms with E-state index in [0.717, 1.165) is 32.3 Å². The van der Waals surface area contributed by atoms with Gasteiger partial charge in [0.25, 0.3) is 0 Å². The van der Waals surface area contributed by atoms with E-state index in [4.69, 9.17) is 9.47 Å². The lowest BCUT2D eigenvalue weighted by Gasteiger charge is -2.39. The van der Waals surface area contributed by atoms with Crippen molar-refractivity contribution in [2.24, 2.45) is 4.99 Å². The number of nitrogens with one attached hydrogen (secondary N) is 1. The van der Waals surface area contributed by atoms with Crippen LogP contribution in [0.1, 0.15) is 27.7 Å². The Morgan fingerprint density at radius 1 is 1.21 bits per heavy atom. The van der Waals surface area contributed by atoms with Crippen LogP contribution in [0.25, 0.3) is 0 Å². The average molecular weight is 434 g/mol. The number of aliphatic imine (C=N–C) groups is 1. The molecule has 2 unspecified atom stereocenters. The molecule has 0 amide bonds. The molecule has 0 aromatic heterocycles. The Balaban J connectivity index is 1.79. The second-order valence-corrected chi connectivity index (χ2v) is 10.1. The van der Waals surface area contributed by atoms with Crippen LogP contribution in [0.2, 0.25) is 0 Å². The smallest absolute Gasteiger partial charge is 0.216 e. The van der Waals surface area contributed by atoms with Crippen LogP contribution in [0, 0.1) is 0 Å². The minimum Gasteiger partial charge on any atom is -0.379 e. The van der Waals surface area contributed by atoms with E-state index in [1.165, 1.54) is 0 Å². The lowest BCUT2D eigenvalue weighted by Crippen LogP contribution is -2.56. The van der Waals surface area contributed by atoms with Gasteiger partial charge in [0.05, 0.1) is 31.7 Å². The molecule has 2 heterocycles. The van der Waals surface area contributed by atoms with Gasteiger partial charge < -0.3 is 19.7 Å². The van der Waals surface area contributed by atoms with E-state index in [0.29, 0.717) is 38.3 Å². The fraction of sp³-hybridized carbons (Fsp3) is 0.947. The van der Waals surface area contributed by atoms with Crippen molar-refractivity contribution < 1.29 is 17.9 Å². The third-order valence-corrected chi connectivity index (χ3v) is 7.31. The molecule has 0 radical (unpaired) electrons. The minimum atomic E-state index is -3.28. The number of sulfonamides is 1. The van der Waals surface area contributed by atoms with Crippen LogP contribution in [0.15, 0.2) is 4.99 Å². The second kappa shape index (κ2) is 11.5. The quantitative estimate of drug-likeness (QED) is 0.427. The van der Waals surface area contributed by atoms with Crippen LogP contribution in [-0.2, 0) is 19.5 Å². The first-order valence-corrected chi connectivity index (χ1v) is 12.2. The number of nitrogens with zero attached hydrogens (tertiary/aromatic N) is 4. The maximum absolute atomic E-state index is 12.5. The second-order valence-electron chi connectivity index (χ2n) is 8.06. The number of ether oxygens (including phenoxy) is 2. The summed E-state index contributed by atoms with van der Waals surface area (Å²) in [5, 5.41) is 3.46. The van der Waals surface area contributed by atoms with Crippen molar-refractivity contribution in [1.29, 1.82) is 0 Å². The predicted molar refractivity (Wildman–Crippen MR) is 116 cm³/mol. The van der Waals surface area contributed by atoms with Crippen LogP contribution in [-0.4, -0.2) is 119 Å². The van der Waals surface area contributed by atoms with Crippen LogP contribution in [0.5, 0.6) is 0 Å². The largest absolute Gasteiger partial charge is 0.379 e. The third-order valence-electron chi connectivity index (χ3n) is 5.48. The summed E-state index contributed by atoms with van der Waals surface area (Å²) in [6, 6.07) is 0.782. The maximum Gasteiger partial charge on any atom is 0.216 e. The van der Waals surface area contributed by atoms with Gasteiger partial charge >= 0.3 is 0 Å². The molecule has 2 aliphatic rings. The number of guanidine groups is 1. The topological polar surface area (TPSA) is 86.7 Å². The molecule has 0 aliphatic carbocycles. The molecule has 2 atom stereocenters. The zero-order valence-corrected chi connectivity index (χ0v) is 19.4. The standard InChI is InChI=1S/C19H39N5O4S/c1-16(2)28-12-13-29(25,26)23-8-6-22(7-9-23)19(20-5)21-14-17(3)24-10-11-27-15-18(24)4/h16-18H,6-15H2,1-5H3,(H,20,21). The third kappa shape index (κ3) is 7.36. The van der Waals surface area contributed by atoms with Crippen molar-refractivity contribution in [3.63, 3.8) is 0 Å². The van der Waals surface area contributed by atoms with E-state index < -0.39 is 10.0 Å². The molecular weight excluding hydrogens is 394 g/mol. The molecule has 0 saturated carbocycles. The Morgan fingerprint density at radius 3 is 2.48 bits per heavy atom. The Morgan fingerprint density at radius 2 is 1.90 bits per heavy atom. The molecule has 2 fully saturated rings. The monoisotopic (exact) mass is 433 g/mol. The first kappa shape index (κ1) is 24.3. The lowest BCUT2D eigenvalue weighted by atomic mass is 10.2. The van der Waals surface area contributed by atoms with E-state index in [9.17, 15) is 8.42 Å². The molecular formula is C19H39N5O4S. The van der Waals surface area contributed by atoms with E-state index in [1.54, 1.807) is 11.4 Å². The lowest BCUT2D eigenvalue weighted by molar-refractivity contribution is -0.0175. The van der Waals surface area contributed by atoms with Crippen molar-refractivity contribution in [2.45, 2.75) is 45.9 Å². The van der Waals surface area contributed by atoms with Gasteiger partial charge in [0.1, 0.15) is 0 Å². The molecule has 9 nitrogen and oxygen atoms in total. The molecule has 2 aliphatic heterocycles. The summed E-state index contributed by atoms with van der Waals surface area (Å²) in [6.45, 7) is 14.0. The first-order chi connectivity index (χ1) is 13.7. The van der Waals surface area contributed by atoms with Gasteiger partial charge in [-0.05, 0) is 27.7 Å². The molecule has 2 rings (SSSR count). The Hall–Kier alpha value is -0.940. The molecule has 170 valence electrons. The summed E-state index contributed by atoms with van der Waals surface area (Å²) in [6.07, 6.45) is 0.0410. The normalized spacial score (nSPS) is 24.1. The number of rotatable bonds is 8. The predicted octanol–water partition coefficient (Wildman–Crippen LogP) is 0.0434. The molecule has 1 N–H and O–H groups in total. The van der Waals surface area contributed by atoms with Gasteiger partial charge in [0, 0.05) is 58.4 Å². The van der Waals surface area contributed by atoms with Gasteiger partial charge in [-0.3, -0.25) is 9.89 Å². The van der Waals surface area contributed by atoms with Crippen LogP contribution >= 0.6 is 0 Å². The molecule has 0 aromatic rings. The van der Waals surface area contributed by atoms with Crippen LogP contribution in [0.4, 0.5) is 0 Å². The van der Waals surface area contributed by atoms with E-state index in [2.05, 4.69) is 34.0 Å². The summed E-state index contributed by atoms with van der Waals surface area (Å²) in [4.78, 5) is 8.99. The van der Waals surface area contributed by atoms with Crippen molar-refractivity contribution in [2.75, 3.05) is 71.9 Å². The summed E-state index contributed by atoms with van der Waals surface area (Å²) < 4.78 is 37.5. The number of hydrogen-bond donors (Lipinski definition) is 1. The van der Waals surface area contributed by atoms with Gasteiger partial charge in [0.15, 0.2) is 5.96 Å². The summed E-state index contributed by atoms with van der Waals surface area (Å²) >= 11 is 0. The molecule has 0 bridgehead atoms. The van der Waals surface area contributed by atoms with Gasteiger partial charge in [-0.2, -0.15) is 4.31 Å².